The highest BCUT2D eigenvalue weighted by molar-refractivity contribution is 6.03. The lowest BCUT2D eigenvalue weighted by atomic mass is 10.1. The highest BCUT2D eigenvalue weighted by atomic mass is 16.3. The molecular formula is C17H18N2O3. The van der Waals surface area contributed by atoms with E-state index in [1.165, 1.54) is 6.08 Å². The number of nitrogens with one attached hydrogen (secondary N) is 2. The molecule has 0 unspecified atom stereocenters. The molecule has 0 saturated carbocycles. The first kappa shape index (κ1) is 15.6. The Bertz CT molecular complexity index is 688. The van der Waals surface area contributed by atoms with Gasteiger partial charge in [0.25, 0.3) is 0 Å². The number of benzene rings is 1. The number of amides is 2. The van der Waals surface area contributed by atoms with Crippen LogP contribution in [-0.4, -0.2) is 11.8 Å². The predicted molar refractivity (Wildman–Crippen MR) is 86.5 cm³/mol. The van der Waals surface area contributed by atoms with Crippen molar-refractivity contribution in [2.24, 2.45) is 0 Å². The zero-order chi connectivity index (χ0) is 15.9. The van der Waals surface area contributed by atoms with Crippen LogP contribution in [-0.2, 0) is 9.59 Å². The summed E-state index contributed by atoms with van der Waals surface area (Å²) in [5, 5.41) is 5.59. The molecular weight excluding hydrogens is 280 g/mol. The molecule has 2 N–H and O–H groups in total. The average Bonchev–Trinajstić information content (AvgIpc) is 3.02. The highest BCUT2D eigenvalue weighted by Gasteiger charge is 2.08. The van der Waals surface area contributed by atoms with Crippen molar-refractivity contribution in [1.29, 1.82) is 0 Å². The number of anilines is 2. The second-order valence-electron chi connectivity index (χ2n) is 4.72. The number of furan rings is 1. The van der Waals surface area contributed by atoms with Crippen molar-refractivity contribution in [1.82, 2.24) is 0 Å². The summed E-state index contributed by atoms with van der Waals surface area (Å²) in [6, 6.07) is 8.88. The van der Waals surface area contributed by atoms with Gasteiger partial charge < -0.3 is 15.1 Å². The monoisotopic (exact) mass is 298 g/mol. The lowest BCUT2D eigenvalue weighted by Gasteiger charge is -2.12. The van der Waals surface area contributed by atoms with Crippen LogP contribution >= 0.6 is 0 Å². The van der Waals surface area contributed by atoms with Crippen molar-refractivity contribution in [3.8, 4) is 0 Å². The number of hydrogen-bond acceptors (Lipinski definition) is 3. The van der Waals surface area contributed by atoms with E-state index in [0.29, 0.717) is 23.6 Å². The summed E-state index contributed by atoms with van der Waals surface area (Å²) in [5.74, 6) is 0.276. The molecule has 114 valence electrons. The second-order valence-corrected chi connectivity index (χ2v) is 4.72. The number of carbonyl (C=O) groups excluding carboxylic acids is 2. The normalized spacial score (nSPS) is 10.6. The summed E-state index contributed by atoms with van der Waals surface area (Å²) in [5.41, 5.74) is 2.16. The van der Waals surface area contributed by atoms with Crippen LogP contribution < -0.4 is 10.6 Å². The maximum Gasteiger partial charge on any atom is 0.248 e. The summed E-state index contributed by atoms with van der Waals surface area (Å²) in [6.45, 7) is 3.63. The summed E-state index contributed by atoms with van der Waals surface area (Å²) < 4.78 is 5.12. The predicted octanol–water partition coefficient (Wildman–Crippen LogP) is 3.59. The number of hydrogen-bond donors (Lipinski definition) is 2. The Labute approximate surface area is 129 Å². The van der Waals surface area contributed by atoms with Crippen molar-refractivity contribution in [3.05, 3.63) is 54.0 Å². The van der Waals surface area contributed by atoms with Crippen molar-refractivity contribution >= 4 is 29.3 Å². The van der Waals surface area contributed by atoms with Crippen LogP contribution in [0.15, 0.2) is 47.1 Å². The molecule has 2 rings (SSSR count). The molecule has 0 spiro atoms. The first-order chi connectivity index (χ1) is 10.6. The molecule has 0 saturated heterocycles. The van der Waals surface area contributed by atoms with E-state index in [-0.39, 0.29) is 11.8 Å². The van der Waals surface area contributed by atoms with Gasteiger partial charge in [0.1, 0.15) is 5.76 Å². The van der Waals surface area contributed by atoms with Crippen molar-refractivity contribution < 1.29 is 14.0 Å². The smallest absolute Gasteiger partial charge is 0.248 e. The van der Waals surface area contributed by atoms with E-state index in [9.17, 15) is 9.59 Å². The molecule has 0 aliphatic rings. The molecule has 0 aliphatic heterocycles. The number of carbonyl (C=O) groups is 2. The quantitative estimate of drug-likeness (QED) is 0.829. The molecule has 2 aromatic rings. The van der Waals surface area contributed by atoms with E-state index in [1.807, 2.05) is 6.92 Å². The molecule has 1 heterocycles. The van der Waals surface area contributed by atoms with Crippen LogP contribution in [0.2, 0.25) is 0 Å². The van der Waals surface area contributed by atoms with E-state index < -0.39 is 0 Å². The topological polar surface area (TPSA) is 71.3 Å². The third-order valence-electron chi connectivity index (χ3n) is 3.13. The van der Waals surface area contributed by atoms with Gasteiger partial charge in [-0.15, -0.1) is 0 Å². The third kappa shape index (κ3) is 4.09. The minimum absolute atomic E-state index is 0.0655. The Morgan fingerprint density at radius 2 is 1.86 bits per heavy atom. The molecule has 0 fully saturated rings. The molecule has 5 heteroatoms. The van der Waals surface area contributed by atoms with Crippen LogP contribution in [0.4, 0.5) is 11.4 Å². The van der Waals surface area contributed by atoms with Gasteiger partial charge in [0, 0.05) is 23.9 Å². The van der Waals surface area contributed by atoms with Crippen LogP contribution in [0.5, 0.6) is 0 Å². The van der Waals surface area contributed by atoms with Gasteiger partial charge in [-0.1, -0.05) is 13.0 Å². The van der Waals surface area contributed by atoms with Gasteiger partial charge in [-0.25, -0.2) is 0 Å². The molecule has 0 bridgehead atoms. The standard InChI is InChI=1S/C17H18N2O3/c1-3-16(20)18-14-7-4-8-15(12(14)2)19-17(21)10-9-13-6-5-11-22-13/h4-11H,3H2,1-2H3,(H,18,20)(H,19,21)/b10-9+. The summed E-state index contributed by atoms with van der Waals surface area (Å²) in [4.78, 5) is 23.4. The zero-order valence-corrected chi connectivity index (χ0v) is 12.6. The fourth-order valence-electron chi connectivity index (χ4n) is 1.86. The van der Waals surface area contributed by atoms with Crippen molar-refractivity contribution in [2.45, 2.75) is 20.3 Å². The molecule has 1 aromatic heterocycles. The maximum atomic E-state index is 11.9. The Balaban J connectivity index is 2.07. The number of rotatable bonds is 5. The SMILES string of the molecule is CCC(=O)Nc1cccc(NC(=O)/C=C/c2ccco2)c1C. The minimum Gasteiger partial charge on any atom is -0.465 e. The third-order valence-corrected chi connectivity index (χ3v) is 3.13. The highest BCUT2D eigenvalue weighted by Crippen LogP contribution is 2.23. The van der Waals surface area contributed by atoms with Crippen LogP contribution in [0, 0.1) is 6.92 Å². The molecule has 2 amide bonds. The van der Waals surface area contributed by atoms with Crippen molar-refractivity contribution in [3.63, 3.8) is 0 Å². The molecule has 0 radical (unpaired) electrons. The van der Waals surface area contributed by atoms with Crippen LogP contribution in [0.25, 0.3) is 6.08 Å². The van der Waals surface area contributed by atoms with Crippen LogP contribution in [0.3, 0.4) is 0 Å². The Kier molecular flexibility index (Phi) is 5.14. The van der Waals surface area contributed by atoms with Gasteiger partial charge in [-0.05, 0) is 42.8 Å². The summed E-state index contributed by atoms with van der Waals surface area (Å²) >= 11 is 0. The molecule has 0 aliphatic carbocycles. The van der Waals surface area contributed by atoms with E-state index in [1.54, 1.807) is 49.6 Å². The average molecular weight is 298 g/mol. The minimum atomic E-state index is -0.265. The second kappa shape index (κ2) is 7.26. The lowest BCUT2D eigenvalue weighted by molar-refractivity contribution is -0.116. The summed E-state index contributed by atoms with van der Waals surface area (Å²) in [7, 11) is 0. The Morgan fingerprint density at radius 3 is 2.50 bits per heavy atom. The molecule has 22 heavy (non-hydrogen) atoms. The summed E-state index contributed by atoms with van der Waals surface area (Å²) in [6.07, 6.45) is 4.94. The molecule has 0 atom stereocenters. The van der Waals surface area contributed by atoms with Gasteiger partial charge in [-0.2, -0.15) is 0 Å². The van der Waals surface area contributed by atoms with E-state index in [2.05, 4.69) is 10.6 Å². The van der Waals surface area contributed by atoms with Crippen LogP contribution in [0.1, 0.15) is 24.7 Å². The van der Waals surface area contributed by atoms with Gasteiger partial charge in [0.15, 0.2) is 0 Å². The lowest BCUT2D eigenvalue weighted by Crippen LogP contribution is -2.13. The molecule has 1 aromatic carbocycles. The van der Waals surface area contributed by atoms with E-state index >= 15 is 0 Å². The van der Waals surface area contributed by atoms with E-state index in [0.717, 1.165) is 5.56 Å². The fourth-order valence-corrected chi connectivity index (χ4v) is 1.86. The first-order valence-corrected chi connectivity index (χ1v) is 7.02. The van der Waals surface area contributed by atoms with Gasteiger partial charge >= 0.3 is 0 Å². The van der Waals surface area contributed by atoms with Gasteiger partial charge in [0.2, 0.25) is 11.8 Å². The first-order valence-electron chi connectivity index (χ1n) is 7.02. The largest absolute Gasteiger partial charge is 0.465 e. The van der Waals surface area contributed by atoms with E-state index in [4.69, 9.17) is 4.42 Å². The molecule has 5 nitrogen and oxygen atoms in total. The Morgan fingerprint density at radius 1 is 1.14 bits per heavy atom. The van der Waals surface area contributed by atoms with Gasteiger partial charge in [0.05, 0.1) is 6.26 Å². The zero-order valence-electron chi connectivity index (χ0n) is 12.6. The van der Waals surface area contributed by atoms with Crippen molar-refractivity contribution in [2.75, 3.05) is 10.6 Å². The fraction of sp³-hybridized carbons (Fsp3) is 0.176. The Hall–Kier alpha value is -2.82. The maximum absolute atomic E-state index is 11.9. The van der Waals surface area contributed by atoms with Gasteiger partial charge in [-0.3, -0.25) is 9.59 Å².